The predicted octanol–water partition coefficient (Wildman–Crippen LogP) is 5.36. The number of thioether (sulfide) groups is 1. The van der Waals surface area contributed by atoms with E-state index in [0.29, 0.717) is 32.9 Å². The van der Waals surface area contributed by atoms with Gasteiger partial charge in [0, 0.05) is 16.1 Å². The minimum atomic E-state index is -0.570. The number of nitrogens with one attached hydrogen (secondary N) is 2. The molecule has 0 fully saturated rings. The van der Waals surface area contributed by atoms with E-state index in [1.165, 1.54) is 23.1 Å². The first-order valence-corrected chi connectivity index (χ1v) is 15.7. The van der Waals surface area contributed by atoms with Crippen molar-refractivity contribution in [2.24, 2.45) is 0 Å². The molecule has 0 unspecified atom stereocenters. The van der Waals surface area contributed by atoms with E-state index in [4.69, 9.17) is 9.47 Å². The first kappa shape index (κ1) is 30.3. The number of amides is 2. The van der Waals surface area contributed by atoms with E-state index < -0.39 is 11.2 Å². The molecule has 224 valence electrons. The van der Waals surface area contributed by atoms with Gasteiger partial charge in [0.1, 0.15) is 10.8 Å². The predicted molar refractivity (Wildman–Crippen MR) is 167 cm³/mol. The van der Waals surface area contributed by atoms with Crippen LogP contribution in [0, 0.1) is 6.92 Å². The molecule has 0 spiro atoms. The molecular weight excluding hydrogens is 587 g/mol. The number of methoxy groups -OCH3 is 1. The number of hydrogen-bond donors (Lipinski definition) is 2. The molecule has 1 atom stereocenters. The summed E-state index contributed by atoms with van der Waals surface area (Å²) in [7, 11) is 1.55. The third kappa shape index (κ3) is 6.75. The second-order valence-corrected chi connectivity index (χ2v) is 12.4. The molecule has 12 heteroatoms. The molecule has 0 saturated carbocycles. The summed E-state index contributed by atoms with van der Waals surface area (Å²) in [5.74, 6) is 0.152. The van der Waals surface area contributed by atoms with E-state index in [9.17, 15) is 14.4 Å². The molecule has 43 heavy (non-hydrogen) atoms. The molecule has 4 aromatic rings. The summed E-state index contributed by atoms with van der Waals surface area (Å²) in [4.78, 5) is 40.2. The monoisotopic (exact) mass is 619 g/mol. The fraction of sp³-hybridized carbons (Fsp3) is 0.323. The Morgan fingerprint density at radius 2 is 1.93 bits per heavy atom. The first-order valence-electron chi connectivity index (χ1n) is 14.0. The zero-order chi connectivity index (χ0) is 30.5. The van der Waals surface area contributed by atoms with Crippen molar-refractivity contribution in [1.29, 1.82) is 0 Å². The van der Waals surface area contributed by atoms with Gasteiger partial charge in [-0.25, -0.2) is 4.79 Å². The maximum atomic E-state index is 13.4. The average molecular weight is 620 g/mol. The summed E-state index contributed by atoms with van der Waals surface area (Å²) >= 11 is 2.69. The molecule has 2 aromatic carbocycles. The van der Waals surface area contributed by atoms with Gasteiger partial charge in [-0.15, -0.1) is 21.5 Å². The number of aryl methyl sites for hydroxylation is 2. The highest BCUT2D eigenvalue weighted by molar-refractivity contribution is 8.00. The molecule has 2 heterocycles. The number of rotatable bonds is 11. The summed E-state index contributed by atoms with van der Waals surface area (Å²) in [6.07, 6.45) is 2.69. The second-order valence-electron chi connectivity index (χ2n) is 10.0. The van der Waals surface area contributed by atoms with Crippen LogP contribution >= 0.6 is 23.1 Å². The lowest BCUT2D eigenvalue weighted by atomic mass is 10.1. The molecule has 2 N–H and O–H groups in total. The summed E-state index contributed by atoms with van der Waals surface area (Å²) in [5, 5.41) is 15.1. The average Bonchev–Trinajstić information content (AvgIpc) is 3.70. The number of aromatic nitrogens is 3. The fourth-order valence-corrected chi connectivity index (χ4v) is 7.05. The van der Waals surface area contributed by atoms with Crippen LogP contribution < -0.4 is 15.4 Å². The van der Waals surface area contributed by atoms with Crippen molar-refractivity contribution in [1.82, 2.24) is 20.1 Å². The zero-order valence-electron chi connectivity index (χ0n) is 24.4. The molecule has 0 bridgehead atoms. The largest absolute Gasteiger partial charge is 0.497 e. The number of ether oxygens (including phenoxy) is 2. The summed E-state index contributed by atoms with van der Waals surface area (Å²) < 4.78 is 12.4. The SMILES string of the molecule is CCOC(=O)c1c(NC(=O)[C@H](C)Sc2nnc(CNC(=O)c3cccc(OC)c3)n2-c2cccc(C)c2)sc2c1CCC2. The van der Waals surface area contributed by atoms with Gasteiger partial charge >= 0.3 is 5.97 Å². The normalized spacial score (nSPS) is 12.8. The van der Waals surface area contributed by atoms with Crippen LogP contribution in [0.1, 0.15) is 62.8 Å². The Balaban J connectivity index is 1.36. The van der Waals surface area contributed by atoms with Gasteiger partial charge in [-0.3, -0.25) is 14.2 Å². The summed E-state index contributed by atoms with van der Waals surface area (Å²) in [6.45, 7) is 5.91. The molecule has 0 radical (unpaired) electrons. The van der Waals surface area contributed by atoms with Gasteiger partial charge in [0.15, 0.2) is 11.0 Å². The zero-order valence-corrected chi connectivity index (χ0v) is 26.1. The van der Waals surface area contributed by atoms with Gasteiger partial charge in [0.2, 0.25) is 5.91 Å². The standard InChI is InChI=1S/C31H33N5O5S2/c1-5-41-30(39)26-23-13-8-14-24(23)43-29(26)33-27(37)19(3)42-31-35-34-25(36(31)21-11-6-9-18(2)15-21)17-32-28(38)20-10-7-12-22(16-20)40-4/h6-7,9-12,15-16,19H,5,8,13-14,17H2,1-4H3,(H,32,38)(H,33,37)/t19-/m0/s1. The van der Waals surface area contributed by atoms with Crippen molar-refractivity contribution >= 4 is 45.9 Å². The van der Waals surface area contributed by atoms with E-state index in [2.05, 4.69) is 20.8 Å². The Kier molecular flexibility index (Phi) is 9.46. The van der Waals surface area contributed by atoms with E-state index in [1.54, 1.807) is 45.2 Å². The van der Waals surface area contributed by atoms with Crippen molar-refractivity contribution in [2.45, 2.75) is 57.0 Å². The van der Waals surface area contributed by atoms with Gasteiger partial charge in [0.05, 0.1) is 31.1 Å². The van der Waals surface area contributed by atoms with E-state index in [0.717, 1.165) is 41.0 Å². The van der Waals surface area contributed by atoms with Crippen molar-refractivity contribution in [2.75, 3.05) is 19.0 Å². The number of hydrogen-bond acceptors (Lipinski definition) is 9. The maximum absolute atomic E-state index is 13.4. The molecule has 2 aromatic heterocycles. The van der Waals surface area contributed by atoms with Crippen LogP contribution in [0.5, 0.6) is 5.75 Å². The molecule has 1 aliphatic rings. The van der Waals surface area contributed by atoms with Crippen LogP contribution in [0.3, 0.4) is 0 Å². The van der Waals surface area contributed by atoms with Crippen LogP contribution in [-0.4, -0.2) is 51.5 Å². The molecular formula is C31H33N5O5S2. The van der Waals surface area contributed by atoms with Crippen LogP contribution in [0.25, 0.3) is 5.69 Å². The van der Waals surface area contributed by atoms with Crippen molar-refractivity contribution < 1.29 is 23.9 Å². The Hall–Kier alpha value is -4.16. The Bertz CT molecular complexity index is 1660. The van der Waals surface area contributed by atoms with Crippen molar-refractivity contribution in [3.05, 3.63) is 81.5 Å². The number of anilines is 1. The van der Waals surface area contributed by atoms with Gasteiger partial charge in [0.25, 0.3) is 5.91 Å². The van der Waals surface area contributed by atoms with Crippen LogP contribution in [0.2, 0.25) is 0 Å². The molecule has 0 aliphatic heterocycles. The van der Waals surface area contributed by atoms with Crippen LogP contribution in [0.4, 0.5) is 5.00 Å². The number of carbonyl (C=O) groups is 3. The lowest BCUT2D eigenvalue weighted by Gasteiger charge is -2.15. The van der Waals surface area contributed by atoms with E-state index in [-0.39, 0.29) is 25.0 Å². The Morgan fingerprint density at radius 1 is 1.12 bits per heavy atom. The van der Waals surface area contributed by atoms with Crippen LogP contribution in [0.15, 0.2) is 53.7 Å². The summed E-state index contributed by atoms with van der Waals surface area (Å²) in [5.41, 5.74) is 3.77. The third-order valence-corrected chi connectivity index (χ3v) is 9.24. The lowest BCUT2D eigenvalue weighted by Crippen LogP contribution is -2.25. The molecule has 2 amide bonds. The number of thiophene rings is 1. The second kappa shape index (κ2) is 13.4. The minimum absolute atomic E-state index is 0.113. The maximum Gasteiger partial charge on any atom is 0.341 e. The molecule has 5 rings (SSSR count). The Morgan fingerprint density at radius 3 is 2.70 bits per heavy atom. The van der Waals surface area contributed by atoms with Gasteiger partial charge in [-0.2, -0.15) is 0 Å². The van der Waals surface area contributed by atoms with Crippen molar-refractivity contribution in [3.8, 4) is 11.4 Å². The Labute approximate surface area is 258 Å². The van der Waals surface area contributed by atoms with Gasteiger partial charge in [-0.1, -0.05) is 30.0 Å². The van der Waals surface area contributed by atoms with E-state index in [1.807, 2.05) is 35.8 Å². The smallest absolute Gasteiger partial charge is 0.341 e. The quantitative estimate of drug-likeness (QED) is 0.170. The van der Waals surface area contributed by atoms with E-state index >= 15 is 0 Å². The third-order valence-electron chi connectivity index (χ3n) is 6.99. The molecule has 0 saturated heterocycles. The number of nitrogens with zero attached hydrogens (tertiary/aromatic N) is 3. The van der Waals surface area contributed by atoms with Crippen LogP contribution in [-0.2, 0) is 28.9 Å². The molecule has 10 nitrogen and oxygen atoms in total. The van der Waals surface area contributed by atoms with Gasteiger partial charge < -0.3 is 20.1 Å². The van der Waals surface area contributed by atoms with Gasteiger partial charge in [-0.05, 0) is 81.5 Å². The number of esters is 1. The lowest BCUT2D eigenvalue weighted by molar-refractivity contribution is -0.115. The number of carbonyl (C=O) groups excluding carboxylic acids is 3. The summed E-state index contributed by atoms with van der Waals surface area (Å²) in [6, 6.07) is 14.7. The highest BCUT2D eigenvalue weighted by atomic mass is 32.2. The van der Waals surface area contributed by atoms with Crippen molar-refractivity contribution in [3.63, 3.8) is 0 Å². The molecule has 1 aliphatic carbocycles. The minimum Gasteiger partial charge on any atom is -0.497 e. The highest BCUT2D eigenvalue weighted by Gasteiger charge is 2.30. The first-order chi connectivity index (χ1) is 20.8. The fourth-order valence-electron chi connectivity index (χ4n) is 4.88. The highest BCUT2D eigenvalue weighted by Crippen LogP contribution is 2.40. The topological polar surface area (TPSA) is 124 Å². The number of fused-ring (bicyclic) bond motifs is 1. The number of benzene rings is 2.